The van der Waals surface area contributed by atoms with E-state index in [4.69, 9.17) is 5.73 Å². The van der Waals surface area contributed by atoms with Crippen LogP contribution in [0.25, 0.3) is 10.8 Å². The average Bonchev–Trinajstić information content (AvgIpc) is 2.46. The Kier molecular flexibility index (Phi) is 3.06. The number of amides is 1. The van der Waals surface area contributed by atoms with Gasteiger partial charge in [-0.05, 0) is 23.9 Å². The molecule has 0 aliphatic carbocycles. The monoisotopic (exact) mass is 271 g/mol. The van der Waals surface area contributed by atoms with Crippen molar-refractivity contribution in [2.45, 2.75) is 25.9 Å². The maximum atomic E-state index is 12.0. The molecule has 0 spiro atoms. The number of hydrogen-bond donors (Lipinski definition) is 2. The van der Waals surface area contributed by atoms with Crippen LogP contribution in [-0.2, 0) is 17.8 Å². The molecule has 20 heavy (non-hydrogen) atoms. The van der Waals surface area contributed by atoms with Crippen molar-refractivity contribution in [1.82, 2.24) is 9.88 Å². The number of carbonyl (C=O) groups excluding carboxylic acids is 1. The van der Waals surface area contributed by atoms with Gasteiger partial charge in [0.15, 0.2) is 0 Å². The lowest BCUT2D eigenvalue weighted by molar-refractivity contribution is -0.133. The van der Waals surface area contributed by atoms with Crippen LogP contribution in [-0.4, -0.2) is 28.4 Å². The SMILES string of the molecule is C[C@@H](N)C(=O)N1CCc2[nH]c(=O)c3ccccc3c2C1. The maximum Gasteiger partial charge on any atom is 0.256 e. The number of pyridine rings is 1. The summed E-state index contributed by atoms with van der Waals surface area (Å²) in [6, 6.07) is 7.00. The van der Waals surface area contributed by atoms with Gasteiger partial charge in [0.2, 0.25) is 5.91 Å². The molecular formula is C15H17N3O2. The summed E-state index contributed by atoms with van der Waals surface area (Å²) in [6.45, 7) is 2.80. The van der Waals surface area contributed by atoms with Crippen molar-refractivity contribution in [3.05, 3.63) is 45.9 Å². The highest BCUT2D eigenvalue weighted by molar-refractivity contribution is 5.87. The normalized spacial score (nSPS) is 16.0. The summed E-state index contributed by atoms with van der Waals surface area (Å²) in [6.07, 6.45) is 0.661. The fraction of sp³-hybridized carbons (Fsp3) is 0.333. The number of nitrogens with one attached hydrogen (secondary N) is 1. The van der Waals surface area contributed by atoms with Crippen LogP contribution < -0.4 is 11.3 Å². The van der Waals surface area contributed by atoms with Gasteiger partial charge in [0.05, 0.1) is 6.04 Å². The highest BCUT2D eigenvalue weighted by Crippen LogP contribution is 2.24. The summed E-state index contributed by atoms with van der Waals surface area (Å²) < 4.78 is 0. The van der Waals surface area contributed by atoms with Gasteiger partial charge in [-0.2, -0.15) is 0 Å². The highest BCUT2D eigenvalue weighted by atomic mass is 16.2. The maximum absolute atomic E-state index is 12.0. The molecule has 5 heteroatoms. The second kappa shape index (κ2) is 4.76. The van der Waals surface area contributed by atoms with Gasteiger partial charge in [-0.25, -0.2) is 0 Å². The van der Waals surface area contributed by atoms with Gasteiger partial charge in [-0.15, -0.1) is 0 Å². The summed E-state index contributed by atoms with van der Waals surface area (Å²) in [5, 5.41) is 1.59. The Labute approximate surface area is 116 Å². The number of aromatic nitrogens is 1. The van der Waals surface area contributed by atoms with Crippen LogP contribution in [0.5, 0.6) is 0 Å². The van der Waals surface area contributed by atoms with Crippen LogP contribution in [0, 0.1) is 0 Å². The number of fused-ring (bicyclic) bond motifs is 3. The first kappa shape index (κ1) is 12.9. The van der Waals surface area contributed by atoms with Gasteiger partial charge in [0.1, 0.15) is 0 Å². The molecule has 0 saturated heterocycles. The van der Waals surface area contributed by atoms with Gasteiger partial charge in [0, 0.05) is 30.6 Å². The molecule has 3 N–H and O–H groups in total. The second-order valence-electron chi connectivity index (χ2n) is 5.26. The lowest BCUT2D eigenvalue weighted by Crippen LogP contribution is -2.44. The Hall–Kier alpha value is -2.14. The number of nitrogens with zero attached hydrogens (tertiary/aromatic N) is 1. The summed E-state index contributed by atoms with van der Waals surface area (Å²) in [4.78, 5) is 28.8. The van der Waals surface area contributed by atoms with Crippen LogP contribution in [0.1, 0.15) is 18.2 Å². The van der Waals surface area contributed by atoms with E-state index < -0.39 is 6.04 Å². The quantitative estimate of drug-likeness (QED) is 0.803. The zero-order chi connectivity index (χ0) is 14.3. The predicted octanol–water partition coefficient (Wildman–Crippen LogP) is 0.760. The number of hydrogen-bond acceptors (Lipinski definition) is 3. The minimum absolute atomic E-state index is 0.0501. The molecule has 0 radical (unpaired) electrons. The van der Waals surface area contributed by atoms with E-state index in [1.165, 1.54) is 0 Å². The van der Waals surface area contributed by atoms with E-state index in [2.05, 4.69) is 4.98 Å². The van der Waals surface area contributed by atoms with Crippen molar-refractivity contribution in [3.8, 4) is 0 Å². The molecule has 1 aromatic heterocycles. The fourth-order valence-electron chi connectivity index (χ4n) is 2.77. The molecule has 5 nitrogen and oxygen atoms in total. The van der Waals surface area contributed by atoms with Gasteiger partial charge < -0.3 is 15.6 Å². The Morgan fingerprint density at radius 1 is 1.35 bits per heavy atom. The Balaban J connectivity index is 2.11. The number of carbonyl (C=O) groups is 1. The van der Waals surface area contributed by atoms with E-state index in [0.717, 1.165) is 16.6 Å². The van der Waals surface area contributed by atoms with E-state index in [0.29, 0.717) is 24.9 Å². The Morgan fingerprint density at radius 2 is 2.05 bits per heavy atom. The molecule has 1 aliphatic rings. The largest absolute Gasteiger partial charge is 0.337 e. The van der Waals surface area contributed by atoms with E-state index in [9.17, 15) is 9.59 Å². The van der Waals surface area contributed by atoms with Crippen LogP contribution in [0.3, 0.4) is 0 Å². The number of benzene rings is 1. The molecular weight excluding hydrogens is 254 g/mol. The van der Waals surface area contributed by atoms with Crippen LogP contribution in [0.15, 0.2) is 29.1 Å². The van der Waals surface area contributed by atoms with Crippen molar-refractivity contribution in [3.63, 3.8) is 0 Å². The first-order valence-corrected chi connectivity index (χ1v) is 6.75. The lowest BCUT2D eigenvalue weighted by atomic mass is 9.98. The molecule has 1 atom stereocenters. The molecule has 3 rings (SSSR count). The molecule has 104 valence electrons. The van der Waals surface area contributed by atoms with Crippen LogP contribution in [0.4, 0.5) is 0 Å². The van der Waals surface area contributed by atoms with Crippen LogP contribution >= 0.6 is 0 Å². The zero-order valence-corrected chi connectivity index (χ0v) is 11.3. The van der Waals surface area contributed by atoms with Gasteiger partial charge in [-0.1, -0.05) is 18.2 Å². The summed E-state index contributed by atoms with van der Waals surface area (Å²) in [5.74, 6) is -0.0501. The standard InChI is InChI=1S/C15H17N3O2/c1-9(16)15(20)18-7-6-13-12(8-18)10-4-2-3-5-11(10)14(19)17-13/h2-5,9H,6-8,16H2,1H3,(H,17,19)/t9-/m1/s1. The molecule has 0 fully saturated rings. The third-order valence-corrected chi connectivity index (χ3v) is 3.81. The summed E-state index contributed by atoms with van der Waals surface area (Å²) in [7, 11) is 0. The first-order chi connectivity index (χ1) is 9.58. The fourth-order valence-corrected chi connectivity index (χ4v) is 2.77. The van der Waals surface area contributed by atoms with Crippen LogP contribution in [0.2, 0.25) is 0 Å². The zero-order valence-electron chi connectivity index (χ0n) is 11.3. The smallest absolute Gasteiger partial charge is 0.256 e. The number of aromatic amines is 1. The van der Waals surface area contributed by atoms with E-state index in [-0.39, 0.29) is 11.5 Å². The molecule has 0 saturated carbocycles. The molecule has 2 aromatic rings. The third-order valence-electron chi connectivity index (χ3n) is 3.81. The van der Waals surface area contributed by atoms with Crippen molar-refractivity contribution < 1.29 is 4.79 Å². The van der Waals surface area contributed by atoms with E-state index >= 15 is 0 Å². The second-order valence-corrected chi connectivity index (χ2v) is 5.26. The van der Waals surface area contributed by atoms with Gasteiger partial charge in [-0.3, -0.25) is 9.59 Å². The summed E-state index contributed by atoms with van der Waals surface area (Å²) in [5.41, 5.74) is 7.57. The molecule has 1 amide bonds. The predicted molar refractivity (Wildman–Crippen MR) is 77.3 cm³/mol. The van der Waals surface area contributed by atoms with E-state index in [1.807, 2.05) is 18.2 Å². The number of nitrogens with two attached hydrogens (primary N) is 1. The number of H-pyrrole nitrogens is 1. The van der Waals surface area contributed by atoms with Crippen molar-refractivity contribution >= 4 is 16.7 Å². The lowest BCUT2D eigenvalue weighted by Gasteiger charge is -2.30. The molecule has 2 heterocycles. The highest BCUT2D eigenvalue weighted by Gasteiger charge is 2.25. The topological polar surface area (TPSA) is 79.2 Å². The number of rotatable bonds is 1. The van der Waals surface area contributed by atoms with Crippen molar-refractivity contribution in [1.29, 1.82) is 0 Å². The molecule has 1 aliphatic heterocycles. The Bertz CT molecular complexity index is 733. The van der Waals surface area contributed by atoms with Crippen molar-refractivity contribution in [2.24, 2.45) is 5.73 Å². The average molecular weight is 271 g/mol. The minimum atomic E-state index is -0.495. The summed E-state index contributed by atoms with van der Waals surface area (Å²) >= 11 is 0. The third kappa shape index (κ3) is 2.00. The Morgan fingerprint density at radius 3 is 2.75 bits per heavy atom. The molecule has 0 bridgehead atoms. The minimum Gasteiger partial charge on any atom is -0.337 e. The molecule has 1 aromatic carbocycles. The van der Waals surface area contributed by atoms with Gasteiger partial charge in [0.25, 0.3) is 5.56 Å². The van der Waals surface area contributed by atoms with E-state index in [1.54, 1.807) is 17.9 Å². The van der Waals surface area contributed by atoms with Crippen molar-refractivity contribution in [2.75, 3.05) is 6.54 Å². The first-order valence-electron chi connectivity index (χ1n) is 6.75. The van der Waals surface area contributed by atoms with Gasteiger partial charge >= 0.3 is 0 Å². The molecule has 0 unspecified atom stereocenters.